The molecule has 21 heavy (non-hydrogen) atoms. The van der Waals surface area contributed by atoms with Gasteiger partial charge in [0.2, 0.25) is 5.91 Å². The first-order chi connectivity index (χ1) is 10.2. The van der Waals surface area contributed by atoms with Crippen molar-refractivity contribution in [3.8, 4) is 11.5 Å². The summed E-state index contributed by atoms with van der Waals surface area (Å²) in [5.41, 5.74) is 1.77. The minimum Gasteiger partial charge on any atom is -0.454 e. The third-order valence-electron chi connectivity index (χ3n) is 3.37. The molecule has 110 valence electrons. The highest BCUT2D eigenvalue weighted by Crippen LogP contribution is 2.35. The number of anilines is 1. The van der Waals surface area contributed by atoms with E-state index in [1.165, 1.54) is 0 Å². The predicted octanol–water partition coefficient (Wildman–Crippen LogP) is 2.21. The third-order valence-corrected chi connectivity index (χ3v) is 3.37. The number of aryl methyl sites for hydroxylation is 1. The maximum atomic E-state index is 12.0. The first kappa shape index (κ1) is 13.6. The van der Waals surface area contributed by atoms with E-state index in [9.17, 15) is 4.79 Å². The molecule has 2 heterocycles. The number of carbonyl (C=O) groups is 1. The van der Waals surface area contributed by atoms with Crippen LogP contribution in [0.2, 0.25) is 0 Å². The summed E-state index contributed by atoms with van der Waals surface area (Å²) in [6.45, 7) is 2.89. The minimum atomic E-state index is -0.271. The van der Waals surface area contributed by atoms with Crippen molar-refractivity contribution in [2.24, 2.45) is 7.05 Å². The molecule has 1 aliphatic rings. The van der Waals surface area contributed by atoms with E-state index in [1.54, 1.807) is 17.1 Å². The van der Waals surface area contributed by atoms with Crippen LogP contribution in [0.15, 0.2) is 30.6 Å². The van der Waals surface area contributed by atoms with Gasteiger partial charge in [0.05, 0.1) is 12.4 Å². The molecule has 1 unspecified atom stereocenters. The van der Waals surface area contributed by atoms with Crippen LogP contribution in [0.3, 0.4) is 0 Å². The number of amides is 1. The van der Waals surface area contributed by atoms with Gasteiger partial charge in [0.25, 0.3) is 0 Å². The van der Waals surface area contributed by atoms with Gasteiger partial charge in [-0.15, -0.1) is 0 Å². The molecule has 1 aliphatic heterocycles. The Bertz CT molecular complexity index is 665. The molecular weight excluding hydrogens is 268 g/mol. The largest absolute Gasteiger partial charge is 0.454 e. The van der Waals surface area contributed by atoms with Gasteiger partial charge < -0.3 is 15.4 Å². The van der Waals surface area contributed by atoms with E-state index < -0.39 is 0 Å². The van der Waals surface area contributed by atoms with Crippen molar-refractivity contribution in [2.45, 2.75) is 19.4 Å². The van der Waals surface area contributed by atoms with Gasteiger partial charge in [0.15, 0.2) is 5.75 Å². The van der Waals surface area contributed by atoms with E-state index in [1.807, 2.05) is 25.2 Å². The highest BCUT2D eigenvalue weighted by molar-refractivity contribution is 6.02. The molecular formula is C15H18N4O2. The van der Waals surface area contributed by atoms with E-state index in [0.29, 0.717) is 11.5 Å². The summed E-state index contributed by atoms with van der Waals surface area (Å²) in [5, 5.41) is 10.2. The average Bonchev–Trinajstić information content (AvgIpc) is 2.99. The van der Waals surface area contributed by atoms with Crippen molar-refractivity contribution in [1.82, 2.24) is 15.1 Å². The lowest BCUT2D eigenvalue weighted by Gasteiger charge is -2.10. The van der Waals surface area contributed by atoms with E-state index in [4.69, 9.17) is 4.74 Å². The van der Waals surface area contributed by atoms with Gasteiger partial charge in [-0.3, -0.25) is 9.48 Å². The lowest BCUT2D eigenvalue weighted by Crippen LogP contribution is -2.27. The molecule has 1 atom stereocenters. The number of benzene rings is 1. The summed E-state index contributed by atoms with van der Waals surface area (Å²) in [5.74, 6) is 1.33. The number of ether oxygens (including phenoxy) is 1. The number of rotatable bonds is 5. The fourth-order valence-electron chi connectivity index (χ4n) is 2.38. The Hall–Kier alpha value is -2.34. The second-order valence-corrected chi connectivity index (χ2v) is 5.08. The average molecular weight is 286 g/mol. The Morgan fingerprint density at radius 2 is 2.29 bits per heavy atom. The minimum absolute atomic E-state index is 0.0167. The van der Waals surface area contributed by atoms with E-state index >= 15 is 0 Å². The van der Waals surface area contributed by atoms with E-state index in [0.717, 1.165) is 24.2 Å². The number of hydrogen-bond acceptors (Lipinski definition) is 4. The SMILES string of the molecule is CCCNC1C(=O)Nc2cc(Oc3cnn(C)c3)ccc21. The van der Waals surface area contributed by atoms with Gasteiger partial charge in [-0.05, 0) is 19.0 Å². The summed E-state index contributed by atoms with van der Waals surface area (Å²) in [7, 11) is 1.83. The monoisotopic (exact) mass is 286 g/mol. The van der Waals surface area contributed by atoms with Gasteiger partial charge in [-0.25, -0.2) is 0 Å². The van der Waals surface area contributed by atoms with Crippen molar-refractivity contribution in [3.05, 3.63) is 36.2 Å². The van der Waals surface area contributed by atoms with Crippen molar-refractivity contribution >= 4 is 11.6 Å². The molecule has 1 aromatic heterocycles. The summed E-state index contributed by atoms with van der Waals surface area (Å²) < 4.78 is 7.40. The zero-order valence-corrected chi connectivity index (χ0v) is 12.1. The van der Waals surface area contributed by atoms with Crippen LogP contribution >= 0.6 is 0 Å². The molecule has 2 aromatic rings. The van der Waals surface area contributed by atoms with Gasteiger partial charge in [-0.2, -0.15) is 5.10 Å². The van der Waals surface area contributed by atoms with Crippen LogP contribution in [0.25, 0.3) is 0 Å². The summed E-state index contributed by atoms with van der Waals surface area (Å²) in [4.78, 5) is 12.0. The van der Waals surface area contributed by atoms with Crippen LogP contribution < -0.4 is 15.4 Å². The molecule has 0 radical (unpaired) electrons. The molecule has 2 N–H and O–H groups in total. The second-order valence-electron chi connectivity index (χ2n) is 5.08. The van der Waals surface area contributed by atoms with Crippen molar-refractivity contribution in [3.63, 3.8) is 0 Å². The maximum absolute atomic E-state index is 12.0. The topological polar surface area (TPSA) is 68.2 Å². The zero-order valence-electron chi connectivity index (χ0n) is 12.1. The highest BCUT2D eigenvalue weighted by Gasteiger charge is 2.30. The maximum Gasteiger partial charge on any atom is 0.246 e. The van der Waals surface area contributed by atoms with E-state index in [2.05, 4.69) is 22.7 Å². The summed E-state index contributed by atoms with van der Waals surface area (Å²) in [6.07, 6.45) is 4.43. The Labute approximate surface area is 123 Å². The quantitative estimate of drug-likeness (QED) is 0.884. The number of aromatic nitrogens is 2. The molecule has 6 heteroatoms. The van der Waals surface area contributed by atoms with Crippen LogP contribution in [0.1, 0.15) is 24.9 Å². The number of nitrogens with zero attached hydrogens (tertiary/aromatic N) is 2. The molecule has 6 nitrogen and oxygen atoms in total. The van der Waals surface area contributed by atoms with Gasteiger partial charge >= 0.3 is 0 Å². The van der Waals surface area contributed by atoms with Crippen LogP contribution in [-0.4, -0.2) is 22.2 Å². The van der Waals surface area contributed by atoms with Gasteiger partial charge in [0, 0.05) is 24.4 Å². The molecule has 0 saturated heterocycles. The Balaban J connectivity index is 1.79. The second kappa shape index (κ2) is 5.57. The normalized spacial score (nSPS) is 16.7. The molecule has 0 spiro atoms. The van der Waals surface area contributed by atoms with Crippen LogP contribution in [0, 0.1) is 0 Å². The lowest BCUT2D eigenvalue weighted by molar-refractivity contribution is -0.117. The standard InChI is InChI=1S/C15H18N4O2/c1-3-6-16-14-12-5-4-10(7-13(12)18-15(14)20)21-11-8-17-19(2)9-11/h4-5,7-9,14,16H,3,6H2,1-2H3,(H,18,20). The molecule has 3 rings (SSSR count). The Morgan fingerprint density at radius 3 is 3.00 bits per heavy atom. The smallest absolute Gasteiger partial charge is 0.246 e. The van der Waals surface area contributed by atoms with Crippen LogP contribution in [0.5, 0.6) is 11.5 Å². The molecule has 1 amide bonds. The summed E-state index contributed by atoms with van der Waals surface area (Å²) in [6, 6.07) is 5.36. The van der Waals surface area contributed by atoms with E-state index in [-0.39, 0.29) is 11.9 Å². The molecule has 0 aliphatic carbocycles. The number of hydrogen-bond donors (Lipinski definition) is 2. The van der Waals surface area contributed by atoms with Crippen molar-refractivity contribution in [1.29, 1.82) is 0 Å². The van der Waals surface area contributed by atoms with Crippen molar-refractivity contribution in [2.75, 3.05) is 11.9 Å². The van der Waals surface area contributed by atoms with Gasteiger partial charge in [-0.1, -0.05) is 13.0 Å². The van der Waals surface area contributed by atoms with Crippen LogP contribution in [0.4, 0.5) is 5.69 Å². The molecule has 1 aromatic carbocycles. The number of fused-ring (bicyclic) bond motifs is 1. The fourth-order valence-corrected chi connectivity index (χ4v) is 2.38. The predicted molar refractivity (Wildman–Crippen MR) is 79.4 cm³/mol. The fraction of sp³-hybridized carbons (Fsp3) is 0.333. The lowest BCUT2D eigenvalue weighted by atomic mass is 10.1. The zero-order chi connectivity index (χ0) is 14.8. The molecule has 0 saturated carbocycles. The van der Waals surface area contributed by atoms with Crippen molar-refractivity contribution < 1.29 is 9.53 Å². The Morgan fingerprint density at radius 1 is 1.43 bits per heavy atom. The van der Waals surface area contributed by atoms with Gasteiger partial charge in [0.1, 0.15) is 11.8 Å². The number of nitrogens with one attached hydrogen (secondary N) is 2. The summed E-state index contributed by atoms with van der Waals surface area (Å²) >= 11 is 0. The Kier molecular flexibility index (Phi) is 3.62. The first-order valence-electron chi connectivity index (χ1n) is 7.02. The first-order valence-corrected chi connectivity index (χ1v) is 7.02. The van der Waals surface area contributed by atoms with Crippen LogP contribution in [-0.2, 0) is 11.8 Å². The molecule has 0 fully saturated rings. The number of carbonyl (C=O) groups excluding carboxylic acids is 1. The third kappa shape index (κ3) is 2.75. The molecule has 0 bridgehead atoms. The highest BCUT2D eigenvalue weighted by atomic mass is 16.5.